The molecule has 10 heteroatoms. The topological polar surface area (TPSA) is 0 Å². The quantitative estimate of drug-likeness (QED) is 0.128. The van der Waals surface area contributed by atoms with Crippen LogP contribution in [0.5, 0.6) is 0 Å². The molecule has 0 saturated heterocycles. The molecule has 2 aliphatic rings. The molecule has 6 rings (SSSR count). The van der Waals surface area contributed by atoms with Gasteiger partial charge >= 0.3 is 268 Å². The zero-order valence-corrected chi connectivity index (χ0v) is 29.7. The molecule has 0 nitrogen and oxygen atoms in total. The predicted octanol–water partition coefficient (Wildman–Crippen LogP) is 9.03. The van der Waals surface area contributed by atoms with Crippen molar-refractivity contribution in [1.29, 1.82) is 0 Å². The van der Waals surface area contributed by atoms with Crippen molar-refractivity contribution in [3.05, 3.63) is 106 Å². The normalized spacial score (nSPS) is 17.0. The monoisotopic (exact) mass is 738 g/mol. The van der Waals surface area contributed by atoms with Gasteiger partial charge in [-0.15, -0.1) is 0 Å². The molecule has 1 heterocycles. The van der Waals surface area contributed by atoms with E-state index in [1.807, 2.05) is 70.2 Å². The summed E-state index contributed by atoms with van der Waals surface area (Å²) in [7, 11) is 14.3. The van der Waals surface area contributed by atoms with Crippen molar-refractivity contribution in [3.63, 3.8) is 0 Å². The molecule has 0 bridgehead atoms. The maximum atomic E-state index is 13.9. The summed E-state index contributed by atoms with van der Waals surface area (Å²) in [6, 6.07) is 19.9. The molecule has 0 radical (unpaired) electrons. The molecule has 1 aliphatic carbocycles. The fourth-order valence-corrected chi connectivity index (χ4v) is 23.9. The van der Waals surface area contributed by atoms with Crippen LogP contribution in [0.2, 0.25) is 0 Å². The van der Waals surface area contributed by atoms with Crippen LogP contribution < -0.4 is 13.6 Å². The standard InChI is InChI=1S/C22H19F6.C12H9Si.2ClH.Zr/c1-12-7-13-5-6-18(20(2,3)4)19(17(13)8-12)14-9-15(21(23,24)25)11-16(10-14)22(26,27)28;1-3-7-11-9(5-1)10-6-2-4-8-12(10)13-11;;;/h5-11H,1-4H3;1-7H,13H2;2*1H;/q;;;;+2/p-2. The summed E-state index contributed by atoms with van der Waals surface area (Å²) in [5.74, 6) is 0. The van der Waals surface area contributed by atoms with Crippen LogP contribution in [-0.2, 0) is 35.6 Å². The van der Waals surface area contributed by atoms with Crippen LogP contribution in [0.25, 0.3) is 28.3 Å². The van der Waals surface area contributed by atoms with Crippen LogP contribution in [0.1, 0.15) is 59.1 Å². The molecule has 0 spiro atoms. The molecule has 44 heavy (non-hydrogen) atoms. The second kappa shape index (κ2) is 10.7. The van der Waals surface area contributed by atoms with Gasteiger partial charge in [-0.1, -0.05) is 0 Å². The summed E-state index contributed by atoms with van der Waals surface area (Å²) in [4.78, 5) is 0. The molecule has 0 amide bonds. The van der Waals surface area contributed by atoms with Crippen LogP contribution in [-0.4, -0.2) is 9.52 Å². The van der Waals surface area contributed by atoms with Gasteiger partial charge in [0.05, 0.1) is 0 Å². The summed E-state index contributed by atoms with van der Waals surface area (Å²) in [5.41, 5.74) is 2.15. The average molecular weight is 741 g/mol. The molecule has 0 saturated carbocycles. The Kier molecular flexibility index (Phi) is 7.76. The van der Waals surface area contributed by atoms with E-state index >= 15 is 0 Å². The first-order valence-electron chi connectivity index (χ1n) is 14.1. The van der Waals surface area contributed by atoms with Gasteiger partial charge in [0.25, 0.3) is 0 Å². The SMILES string of the molecule is CC1=Cc2c(ccc(C(C)(C)C)c2-c2cc(C(F)(F)F)cc(C(F)(F)F)c2)[CH]1[Zr]([Cl])([Cl])[c]1cccc2c1[SiH2]c1ccccc1-2. The fraction of sp³-hybridized carbons (Fsp3) is 0.235. The molecular weight excluding hydrogens is 713 g/mol. The Balaban J connectivity index is 1.57. The third-order valence-corrected chi connectivity index (χ3v) is 23.2. The van der Waals surface area contributed by atoms with Gasteiger partial charge in [0.1, 0.15) is 0 Å². The zero-order valence-electron chi connectivity index (χ0n) is 24.3. The Morgan fingerprint density at radius 3 is 1.98 bits per heavy atom. The average Bonchev–Trinajstić information content (AvgIpc) is 3.47. The zero-order chi connectivity index (χ0) is 32.0. The Hall–Kier alpha value is -2.12. The number of benzene rings is 4. The molecule has 0 aromatic heterocycles. The van der Waals surface area contributed by atoms with Crippen LogP contribution in [0.3, 0.4) is 0 Å². The third kappa shape index (κ3) is 5.38. The number of halogens is 8. The van der Waals surface area contributed by atoms with Crippen molar-refractivity contribution in [3.8, 4) is 22.3 Å². The summed E-state index contributed by atoms with van der Waals surface area (Å²) in [5, 5.41) is 2.56. The number of allylic oxidation sites excluding steroid dienone is 1. The predicted molar refractivity (Wildman–Crippen MR) is 168 cm³/mol. The van der Waals surface area contributed by atoms with E-state index in [4.69, 9.17) is 17.0 Å². The number of hydrogen-bond donors (Lipinski definition) is 0. The van der Waals surface area contributed by atoms with E-state index in [0.29, 0.717) is 16.7 Å². The van der Waals surface area contributed by atoms with E-state index in [9.17, 15) is 26.3 Å². The van der Waals surface area contributed by atoms with E-state index in [1.165, 1.54) is 15.9 Å². The van der Waals surface area contributed by atoms with E-state index < -0.39 is 56.3 Å². The van der Waals surface area contributed by atoms with Gasteiger partial charge in [-0.3, -0.25) is 0 Å². The van der Waals surface area contributed by atoms with Gasteiger partial charge in [0, 0.05) is 0 Å². The van der Waals surface area contributed by atoms with Gasteiger partial charge in [-0.05, 0) is 0 Å². The summed E-state index contributed by atoms with van der Waals surface area (Å²) in [6.45, 7) is 7.58. The molecular formula is C34H28Cl2F6SiZr. The first kappa shape index (κ1) is 31.8. The van der Waals surface area contributed by atoms with Gasteiger partial charge in [-0.25, -0.2) is 0 Å². The Labute approximate surface area is 266 Å². The molecule has 1 atom stereocenters. The van der Waals surface area contributed by atoms with Gasteiger partial charge < -0.3 is 0 Å². The molecule has 4 aromatic rings. The van der Waals surface area contributed by atoms with Crippen molar-refractivity contribution >= 4 is 46.3 Å². The molecule has 4 aromatic carbocycles. The summed E-state index contributed by atoms with van der Waals surface area (Å²) < 4.78 is 84.2. The first-order valence-corrected chi connectivity index (χ1v) is 24.5. The minimum atomic E-state index is -4.96. The number of hydrogen-bond acceptors (Lipinski definition) is 0. The molecule has 228 valence electrons. The van der Waals surface area contributed by atoms with Gasteiger partial charge in [-0.2, -0.15) is 0 Å². The van der Waals surface area contributed by atoms with E-state index in [2.05, 4.69) is 18.2 Å². The van der Waals surface area contributed by atoms with Crippen molar-refractivity contribution in [2.75, 3.05) is 0 Å². The van der Waals surface area contributed by atoms with Crippen LogP contribution in [0, 0.1) is 0 Å². The van der Waals surface area contributed by atoms with Crippen LogP contribution in [0.4, 0.5) is 26.3 Å². The summed E-state index contributed by atoms with van der Waals surface area (Å²) >= 11 is -4.36. The molecule has 0 N–H and O–H groups in total. The van der Waals surface area contributed by atoms with Gasteiger partial charge in [0.2, 0.25) is 0 Å². The Morgan fingerprint density at radius 1 is 0.750 bits per heavy atom. The van der Waals surface area contributed by atoms with Gasteiger partial charge in [0.15, 0.2) is 0 Å². The molecule has 0 fully saturated rings. The van der Waals surface area contributed by atoms with Crippen molar-refractivity contribution in [1.82, 2.24) is 0 Å². The molecule has 1 aliphatic heterocycles. The minimum absolute atomic E-state index is 0.132. The number of rotatable bonds is 3. The fourth-order valence-electron chi connectivity index (χ4n) is 6.74. The summed E-state index contributed by atoms with van der Waals surface area (Å²) in [6.07, 6.45) is -8.06. The van der Waals surface area contributed by atoms with E-state index in [1.54, 1.807) is 0 Å². The van der Waals surface area contributed by atoms with Crippen molar-refractivity contribution < 1.29 is 44.2 Å². The van der Waals surface area contributed by atoms with Crippen molar-refractivity contribution in [2.24, 2.45) is 0 Å². The first-order chi connectivity index (χ1) is 20.4. The second-order valence-corrected chi connectivity index (χ2v) is 28.5. The van der Waals surface area contributed by atoms with Crippen LogP contribution >= 0.6 is 17.0 Å². The molecule has 1 unspecified atom stereocenters. The maximum absolute atomic E-state index is 13.9. The number of fused-ring (bicyclic) bond motifs is 4. The number of alkyl halides is 6. The van der Waals surface area contributed by atoms with E-state index in [0.717, 1.165) is 32.1 Å². The second-order valence-electron chi connectivity index (χ2n) is 12.6. The Bertz CT molecular complexity index is 1820. The third-order valence-electron chi connectivity index (χ3n) is 8.67. The van der Waals surface area contributed by atoms with Crippen molar-refractivity contribution in [2.45, 2.75) is 49.1 Å². The van der Waals surface area contributed by atoms with Crippen LogP contribution in [0.15, 0.2) is 78.4 Å². The van der Waals surface area contributed by atoms with E-state index in [-0.39, 0.29) is 15.3 Å². The Morgan fingerprint density at radius 2 is 1.36 bits per heavy atom.